The number of benzene rings is 2. The van der Waals surface area contributed by atoms with Crippen LogP contribution in [0.15, 0.2) is 56.6 Å². The lowest BCUT2D eigenvalue weighted by Crippen LogP contribution is -1.82. The van der Waals surface area contributed by atoms with Gasteiger partial charge in [0.1, 0.15) is 5.52 Å². The molecule has 0 saturated heterocycles. The van der Waals surface area contributed by atoms with Gasteiger partial charge in [0, 0.05) is 15.9 Å². The summed E-state index contributed by atoms with van der Waals surface area (Å²) in [7, 11) is 0. The summed E-state index contributed by atoms with van der Waals surface area (Å²) in [5, 5.41) is 0.670. The third-order valence-corrected chi connectivity index (χ3v) is 4.10. The highest BCUT2D eigenvalue weighted by molar-refractivity contribution is 9.10. The van der Waals surface area contributed by atoms with Crippen LogP contribution in [0.1, 0.15) is 5.56 Å². The Morgan fingerprint density at radius 2 is 1.95 bits per heavy atom. The van der Waals surface area contributed by atoms with Crippen LogP contribution in [0.5, 0.6) is 0 Å². The molecule has 0 spiro atoms. The number of nitrogens with two attached hydrogens (primary N) is 1. The molecule has 3 rings (SSSR count). The molecular formula is C14H11BrN2OS. The predicted octanol–water partition coefficient (Wildman–Crippen LogP) is 4.46. The van der Waals surface area contributed by atoms with Gasteiger partial charge in [0.05, 0.1) is 0 Å². The molecule has 2 N–H and O–H groups in total. The molecular weight excluding hydrogens is 324 g/mol. The zero-order chi connectivity index (χ0) is 13.2. The minimum atomic E-state index is 0.670. The van der Waals surface area contributed by atoms with Crippen molar-refractivity contribution in [3.05, 3.63) is 52.5 Å². The normalized spacial score (nSPS) is 11.0. The lowest BCUT2D eigenvalue weighted by molar-refractivity contribution is 0.489. The topological polar surface area (TPSA) is 52.0 Å². The monoisotopic (exact) mass is 334 g/mol. The minimum Gasteiger partial charge on any atom is -0.431 e. The van der Waals surface area contributed by atoms with E-state index in [0.717, 1.165) is 21.3 Å². The average molecular weight is 335 g/mol. The largest absolute Gasteiger partial charge is 0.431 e. The van der Waals surface area contributed by atoms with Gasteiger partial charge in [-0.1, -0.05) is 39.8 Å². The molecule has 0 aliphatic rings. The molecule has 3 aromatic rings. The van der Waals surface area contributed by atoms with Gasteiger partial charge in [-0.2, -0.15) is 0 Å². The molecule has 3 nitrogen and oxygen atoms in total. The Morgan fingerprint density at radius 1 is 1.16 bits per heavy atom. The van der Waals surface area contributed by atoms with E-state index in [-0.39, 0.29) is 0 Å². The van der Waals surface area contributed by atoms with E-state index in [1.165, 1.54) is 5.56 Å². The molecule has 0 aliphatic heterocycles. The average Bonchev–Trinajstić information content (AvgIpc) is 2.80. The maximum absolute atomic E-state index is 5.72. The SMILES string of the molecule is Nc1ccc2oc(SCc3ccc(Br)cc3)nc2c1. The van der Waals surface area contributed by atoms with Crippen LogP contribution in [0.3, 0.4) is 0 Å². The van der Waals surface area contributed by atoms with Crippen LogP contribution in [0.25, 0.3) is 11.1 Å². The maximum Gasteiger partial charge on any atom is 0.257 e. The lowest BCUT2D eigenvalue weighted by atomic mass is 10.2. The number of nitrogens with zero attached hydrogens (tertiary/aromatic N) is 1. The van der Waals surface area contributed by atoms with Gasteiger partial charge < -0.3 is 10.2 Å². The smallest absolute Gasteiger partial charge is 0.257 e. The molecule has 0 fully saturated rings. The van der Waals surface area contributed by atoms with Crippen molar-refractivity contribution in [1.29, 1.82) is 0 Å². The van der Waals surface area contributed by atoms with Crippen molar-refractivity contribution in [3.63, 3.8) is 0 Å². The number of hydrogen-bond acceptors (Lipinski definition) is 4. The van der Waals surface area contributed by atoms with Gasteiger partial charge in [-0.15, -0.1) is 0 Å². The molecule has 0 radical (unpaired) electrons. The van der Waals surface area contributed by atoms with E-state index in [0.29, 0.717) is 10.9 Å². The summed E-state index contributed by atoms with van der Waals surface area (Å²) in [6, 6.07) is 13.7. The predicted molar refractivity (Wildman–Crippen MR) is 82.1 cm³/mol. The molecule has 96 valence electrons. The molecule has 0 saturated carbocycles. The Hall–Kier alpha value is -1.46. The molecule has 1 heterocycles. The number of nitrogen functional groups attached to an aromatic ring is 1. The second-order valence-corrected chi connectivity index (χ2v) is 5.96. The van der Waals surface area contributed by atoms with Gasteiger partial charge in [-0.25, -0.2) is 4.98 Å². The first-order valence-corrected chi connectivity index (χ1v) is 7.52. The molecule has 0 amide bonds. The molecule has 0 unspecified atom stereocenters. The first-order chi connectivity index (χ1) is 9.20. The van der Waals surface area contributed by atoms with Crippen LogP contribution in [0.4, 0.5) is 5.69 Å². The fourth-order valence-electron chi connectivity index (χ4n) is 1.71. The first kappa shape index (κ1) is 12.6. The van der Waals surface area contributed by atoms with E-state index < -0.39 is 0 Å². The third-order valence-electron chi connectivity index (χ3n) is 2.67. The number of anilines is 1. The number of thioether (sulfide) groups is 1. The van der Waals surface area contributed by atoms with Crippen molar-refractivity contribution in [2.24, 2.45) is 0 Å². The number of fused-ring (bicyclic) bond motifs is 1. The number of hydrogen-bond donors (Lipinski definition) is 1. The number of rotatable bonds is 3. The highest BCUT2D eigenvalue weighted by Crippen LogP contribution is 2.27. The van der Waals surface area contributed by atoms with Gasteiger partial charge in [-0.05, 0) is 35.9 Å². The molecule has 2 aromatic carbocycles. The van der Waals surface area contributed by atoms with Crippen molar-refractivity contribution < 1.29 is 4.42 Å². The fraction of sp³-hybridized carbons (Fsp3) is 0.0714. The highest BCUT2D eigenvalue weighted by Gasteiger charge is 2.06. The molecule has 0 aliphatic carbocycles. The van der Waals surface area contributed by atoms with E-state index in [1.54, 1.807) is 11.8 Å². The van der Waals surface area contributed by atoms with Crippen molar-refractivity contribution in [2.75, 3.05) is 5.73 Å². The summed E-state index contributed by atoms with van der Waals surface area (Å²) in [6.07, 6.45) is 0. The summed E-state index contributed by atoms with van der Waals surface area (Å²) in [6.45, 7) is 0. The van der Waals surface area contributed by atoms with Crippen molar-refractivity contribution in [2.45, 2.75) is 11.0 Å². The van der Waals surface area contributed by atoms with Gasteiger partial charge >= 0.3 is 0 Å². The van der Waals surface area contributed by atoms with Gasteiger partial charge in [0.25, 0.3) is 5.22 Å². The molecule has 0 atom stereocenters. The Morgan fingerprint density at radius 3 is 2.74 bits per heavy atom. The van der Waals surface area contributed by atoms with Gasteiger partial charge in [-0.3, -0.25) is 0 Å². The first-order valence-electron chi connectivity index (χ1n) is 5.74. The Bertz CT molecular complexity index is 709. The Kier molecular flexibility index (Phi) is 3.48. The van der Waals surface area contributed by atoms with E-state index in [4.69, 9.17) is 10.2 Å². The number of oxazole rings is 1. The van der Waals surface area contributed by atoms with Crippen LogP contribution in [0, 0.1) is 0 Å². The third kappa shape index (κ3) is 2.93. The Balaban J connectivity index is 1.76. The van der Waals surface area contributed by atoms with Crippen LogP contribution < -0.4 is 5.73 Å². The van der Waals surface area contributed by atoms with Crippen molar-refractivity contribution >= 4 is 44.5 Å². The van der Waals surface area contributed by atoms with E-state index in [2.05, 4.69) is 33.0 Å². The van der Waals surface area contributed by atoms with E-state index >= 15 is 0 Å². The van der Waals surface area contributed by atoms with Crippen molar-refractivity contribution in [1.82, 2.24) is 4.98 Å². The zero-order valence-electron chi connectivity index (χ0n) is 9.97. The maximum atomic E-state index is 5.72. The van der Waals surface area contributed by atoms with Crippen LogP contribution in [0.2, 0.25) is 0 Å². The van der Waals surface area contributed by atoms with Gasteiger partial charge in [0.15, 0.2) is 5.58 Å². The molecule has 19 heavy (non-hydrogen) atoms. The summed E-state index contributed by atoms with van der Waals surface area (Å²) in [5.41, 5.74) is 9.22. The van der Waals surface area contributed by atoms with E-state index in [1.807, 2.05) is 30.3 Å². The zero-order valence-corrected chi connectivity index (χ0v) is 12.4. The lowest BCUT2D eigenvalue weighted by Gasteiger charge is -1.98. The van der Waals surface area contributed by atoms with Gasteiger partial charge in [0.2, 0.25) is 0 Å². The summed E-state index contributed by atoms with van der Waals surface area (Å²) in [4.78, 5) is 4.41. The second-order valence-electron chi connectivity index (χ2n) is 4.12. The minimum absolute atomic E-state index is 0.670. The highest BCUT2D eigenvalue weighted by atomic mass is 79.9. The van der Waals surface area contributed by atoms with Crippen LogP contribution >= 0.6 is 27.7 Å². The quantitative estimate of drug-likeness (QED) is 0.567. The fourth-order valence-corrected chi connectivity index (χ4v) is 2.77. The van der Waals surface area contributed by atoms with Crippen LogP contribution in [-0.4, -0.2) is 4.98 Å². The number of aromatic nitrogens is 1. The van der Waals surface area contributed by atoms with Crippen LogP contribution in [-0.2, 0) is 5.75 Å². The summed E-state index contributed by atoms with van der Waals surface area (Å²) in [5.74, 6) is 0.829. The number of halogens is 1. The molecule has 0 bridgehead atoms. The summed E-state index contributed by atoms with van der Waals surface area (Å²) >= 11 is 5.00. The molecule has 5 heteroatoms. The second kappa shape index (κ2) is 5.27. The molecule has 1 aromatic heterocycles. The Labute approximate surface area is 123 Å². The van der Waals surface area contributed by atoms with Crippen molar-refractivity contribution in [3.8, 4) is 0 Å². The standard InChI is InChI=1S/C14H11BrN2OS/c15-10-3-1-9(2-4-10)8-19-14-17-12-7-11(16)5-6-13(12)18-14/h1-7H,8,16H2. The summed E-state index contributed by atoms with van der Waals surface area (Å²) < 4.78 is 6.74. The van der Waals surface area contributed by atoms with E-state index in [9.17, 15) is 0 Å².